The number of halogens is 1. The van der Waals surface area contributed by atoms with Crippen molar-refractivity contribution < 1.29 is 4.39 Å². The minimum absolute atomic E-state index is 0.0927. The van der Waals surface area contributed by atoms with Gasteiger partial charge in [-0.05, 0) is 56.6 Å². The Bertz CT molecular complexity index is 548. The summed E-state index contributed by atoms with van der Waals surface area (Å²) in [5.74, 6) is -0.215. The van der Waals surface area contributed by atoms with Crippen LogP contribution in [-0.2, 0) is 0 Å². The van der Waals surface area contributed by atoms with Crippen LogP contribution in [0.25, 0.3) is 5.69 Å². The first-order valence-electron chi connectivity index (χ1n) is 6.67. The number of rotatable bonds is 5. The standard InChI is InChI=1S/C15H20FN3/c1-4-8-17-12(3)14-10-13(16)5-6-15(14)19-9-7-11(2)18-19/h5-7,9-10,12,17H,4,8H2,1-3H3. The molecule has 0 saturated carbocycles. The molecule has 2 rings (SSSR count). The summed E-state index contributed by atoms with van der Waals surface area (Å²) < 4.78 is 15.3. The highest BCUT2D eigenvalue weighted by Crippen LogP contribution is 2.22. The Morgan fingerprint density at radius 2 is 2.16 bits per heavy atom. The highest BCUT2D eigenvalue weighted by atomic mass is 19.1. The van der Waals surface area contributed by atoms with Crippen LogP contribution in [0, 0.1) is 12.7 Å². The molecule has 3 nitrogen and oxygen atoms in total. The zero-order valence-corrected chi connectivity index (χ0v) is 11.7. The lowest BCUT2D eigenvalue weighted by Crippen LogP contribution is -2.21. The first-order valence-corrected chi connectivity index (χ1v) is 6.67. The maximum absolute atomic E-state index is 13.5. The number of hydrogen-bond acceptors (Lipinski definition) is 2. The Morgan fingerprint density at radius 3 is 2.79 bits per heavy atom. The number of aryl methyl sites for hydroxylation is 1. The van der Waals surface area contributed by atoms with E-state index in [9.17, 15) is 4.39 Å². The summed E-state index contributed by atoms with van der Waals surface area (Å²) in [6.45, 7) is 7.01. The molecule has 0 bridgehead atoms. The zero-order chi connectivity index (χ0) is 13.8. The maximum Gasteiger partial charge on any atom is 0.123 e. The fourth-order valence-corrected chi connectivity index (χ4v) is 2.10. The molecule has 0 spiro atoms. The molecule has 1 heterocycles. The third-order valence-corrected chi connectivity index (χ3v) is 3.13. The average molecular weight is 261 g/mol. The molecule has 0 aliphatic carbocycles. The summed E-state index contributed by atoms with van der Waals surface area (Å²) >= 11 is 0. The molecular formula is C15H20FN3. The Kier molecular flexibility index (Phi) is 4.32. The van der Waals surface area contributed by atoms with Crippen molar-refractivity contribution in [3.05, 3.63) is 47.5 Å². The van der Waals surface area contributed by atoms with E-state index >= 15 is 0 Å². The van der Waals surface area contributed by atoms with Crippen LogP contribution in [0.2, 0.25) is 0 Å². The Balaban J connectivity index is 2.37. The molecule has 4 heteroatoms. The van der Waals surface area contributed by atoms with Gasteiger partial charge < -0.3 is 5.32 Å². The summed E-state index contributed by atoms with van der Waals surface area (Å²) in [6, 6.07) is 6.87. The van der Waals surface area contributed by atoms with E-state index in [-0.39, 0.29) is 11.9 Å². The van der Waals surface area contributed by atoms with Crippen LogP contribution in [-0.4, -0.2) is 16.3 Å². The minimum Gasteiger partial charge on any atom is -0.310 e. The van der Waals surface area contributed by atoms with Crippen molar-refractivity contribution in [2.24, 2.45) is 0 Å². The van der Waals surface area contributed by atoms with Crippen molar-refractivity contribution in [2.45, 2.75) is 33.2 Å². The lowest BCUT2D eigenvalue weighted by Gasteiger charge is -2.18. The summed E-state index contributed by atoms with van der Waals surface area (Å²) in [6.07, 6.45) is 2.95. The second-order valence-corrected chi connectivity index (χ2v) is 4.78. The molecule has 0 fully saturated rings. The number of benzene rings is 1. The SMILES string of the molecule is CCCNC(C)c1cc(F)ccc1-n1ccc(C)n1. The molecule has 1 unspecified atom stereocenters. The van der Waals surface area contributed by atoms with E-state index < -0.39 is 0 Å². The van der Waals surface area contributed by atoms with Gasteiger partial charge in [-0.3, -0.25) is 0 Å². The van der Waals surface area contributed by atoms with Gasteiger partial charge in [-0.25, -0.2) is 9.07 Å². The van der Waals surface area contributed by atoms with Crippen molar-refractivity contribution in [1.29, 1.82) is 0 Å². The molecule has 0 amide bonds. The topological polar surface area (TPSA) is 29.9 Å². The van der Waals surface area contributed by atoms with Gasteiger partial charge in [0.2, 0.25) is 0 Å². The van der Waals surface area contributed by atoms with E-state index in [0.717, 1.165) is 29.9 Å². The van der Waals surface area contributed by atoms with Crippen molar-refractivity contribution in [1.82, 2.24) is 15.1 Å². The average Bonchev–Trinajstić information content (AvgIpc) is 2.82. The van der Waals surface area contributed by atoms with Gasteiger partial charge in [-0.15, -0.1) is 0 Å². The Hall–Kier alpha value is -1.68. The van der Waals surface area contributed by atoms with Crippen LogP contribution in [0.1, 0.15) is 37.6 Å². The molecule has 0 aliphatic rings. The molecule has 1 aromatic heterocycles. The van der Waals surface area contributed by atoms with Gasteiger partial charge in [-0.1, -0.05) is 6.92 Å². The highest BCUT2D eigenvalue weighted by molar-refractivity contribution is 5.42. The van der Waals surface area contributed by atoms with Gasteiger partial charge >= 0.3 is 0 Å². The molecule has 0 radical (unpaired) electrons. The predicted octanol–water partition coefficient (Wildman–Crippen LogP) is 3.38. The van der Waals surface area contributed by atoms with Crippen LogP contribution in [0.3, 0.4) is 0 Å². The fraction of sp³-hybridized carbons (Fsp3) is 0.400. The predicted molar refractivity (Wildman–Crippen MR) is 75.0 cm³/mol. The molecule has 0 saturated heterocycles. The molecule has 102 valence electrons. The van der Waals surface area contributed by atoms with Crippen molar-refractivity contribution in [2.75, 3.05) is 6.54 Å². The third-order valence-electron chi connectivity index (χ3n) is 3.13. The minimum atomic E-state index is -0.215. The van der Waals surface area contributed by atoms with Gasteiger partial charge in [0.1, 0.15) is 5.82 Å². The quantitative estimate of drug-likeness (QED) is 0.894. The van der Waals surface area contributed by atoms with E-state index in [4.69, 9.17) is 0 Å². The van der Waals surface area contributed by atoms with E-state index in [1.807, 2.05) is 26.1 Å². The number of hydrogen-bond donors (Lipinski definition) is 1. The molecule has 1 N–H and O–H groups in total. The molecule has 2 aromatic rings. The van der Waals surface area contributed by atoms with E-state index in [2.05, 4.69) is 17.3 Å². The van der Waals surface area contributed by atoms with Gasteiger partial charge in [0, 0.05) is 12.2 Å². The van der Waals surface area contributed by atoms with Crippen LogP contribution >= 0.6 is 0 Å². The molecule has 1 aromatic carbocycles. The van der Waals surface area contributed by atoms with Crippen LogP contribution in [0.4, 0.5) is 4.39 Å². The maximum atomic E-state index is 13.5. The monoisotopic (exact) mass is 261 g/mol. The summed E-state index contributed by atoms with van der Waals surface area (Å²) in [4.78, 5) is 0. The molecule has 1 atom stereocenters. The lowest BCUT2D eigenvalue weighted by molar-refractivity contribution is 0.558. The first-order chi connectivity index (χ1) is 9.11. The Labute approximate surface area is 113 Å². The van der Waals surface area contributed by atoms with E-state index in [0.29, 0.717) is 0 Å². The van der Waals surface area contributed by atoms with E-state index in [1.54, 1.807) is 16.8 Å². The fourth-order valence-electron chi connectivity index (χ4n) is 2.10. The molecule has 19 heavy (non-hydrogen) atoms. The second kappa shape index (κ2) is 5.97. The summed E-state index contributed by atoms with van der Waals surface area (Å²) in [5.41, 5.74) is 2.80. The second-order valence-electron chi connectivity index (χ2n) is 4.78. The van der Waals surface area contributed by atoms with Crippen LogP contribution in [0.5, 0.6) is 0 Å². The first kappa shape index (κ1) is 13.7. The number of nitrogens with zero attached hydrogens (tertiary/aromatic N) is 2. The summed E-state index contributed by atoms with van der Waals surface area (Å²) in [7, 11) is 0. The van der Waals surface area contributed by atoms with Crippen molar-refractivity contribution in [3.8, 4) is 5.69 Å². The van der Waals surface area contributed by atoms with Crippen molar-refractivity contribution in [3.63, 3.8) is 0 Å². The normalized spacial score (nSPS) is 12.6. The Morgan fingerprint density at radius 1 is 1.37 bits per heavy atom. The lowest BCUT2D eigenvalue weighted by atomic mass is 10.1. The number of nitrogens with one attached hydrogen (secondary N) is 1. The van der Waals surface area contributed by atoms with Gasteiger partial charge in [0.25, 0.3) is 0 Å². The molecular weight excluding hydrogens is 241 g/mol. The van der Waals surface area contributed by atoms with Gasteiger partial charge in [-0.2, -0.15) is 5.10 Å². The van der Waals surface area contributed by atoms with Crippen LogP contribution < -0.4 is 5.32 Å². The van der Waals surface area contributed by atoms with Gasteiger partial charge in [0.15, 0.2) is 0 Å². The third kappa shape index (κ3) is 3.20. The largest absolute Gasteiger partial charge is 0.310 e. The van der Waals surface area contributed by atoms with Crippen LogP contribution in [0.15, 0.2) is 30.5 Å². The number of aromatic nitrogens is 2. The molecule has 0 aliphatic heterocycles. The van der Waals surface area contributed by atoms with E-state index in [1.165, 1.54) is 6.07 Å². The highest BCUT2D eigenvalue weighted by Gasteiger charge is 2.13. The van der Waals surface area contributed by atoms with Gasteiger partial charge in [0.05, 0.1) is 11.4 Å². The zero-order valence-electron chi connectivity index (χ0n) is 11.7. The van der Waals surface area contributed by atoms with Crippen molar-refractivity contribution >= 4 is 0 Å². The smallest absolute Gasteiger partial charge is 0.123 e. The summed E-state index contributed by atoms with van der Waals surface area (Å²) in [5, 5.41) is 7.79.